The van der Waals surface area contributed by atoms with Crippen LogP contribution in [0.2, 0.25) is 0 Å². The fourth-order valence-electron chi connectivity index (χ4n) is 4.49. The molecule has 35 heavy (non-hydrogen) atoms. The third-order valence-electron chi connectivity index (χ3n) is 6.48. The molecule has 0 spiro atoms. The lowest BCUT2D eigenvalue weighted by atomic mass is 9.77. The lowest BCUT2D eigenvalue weighted by Gasteiger charge is -2.28. The van der Waals surface area contributed by atoms with E-state index in [0.29, 0.717) is 17.0 Å². The third-order valence-corrected chi connectivity index (χ3v) is 6.48. The van der Waals surface area contributed by atoms with E-state index in [2.05, 4.69) is 16.9 Å². The Morgan fingerprint density at radius 2 is 1.49 bits per heavy atom. The van der Waals surface area contributed by atoms with E-state index < -0.39 is 29.2 Å². The zero-order valence-corrected chi connectivity index (χ0v) is 18.9. The van der Waals surface area contributed by atoms with E-state index in [4.69, 9.17) is 0 Å². The Balaban J connectivity index is 1.54. The molecule has 0 N–H and O–H groups in total. The molecule has 1 aliphatic carbocycles. The van der Waals surface area contributed by atoms with E-state index >= 15 is 0 Å². The van der Waals surface area contributed by atoms with Crippen LogP contribution in [0.3, 0.4) is 0 Å². The molecule has 0 unspecified atom stereocenters. The van der Waals surface area contributed by atoms with Crippen LogP contribution in [-0.4, -0.2) is 16.1 Å². The number of hydrogen-bond acceptors (Lipinski definition) is 2. The zero-order valence-electron chi connectivity index (χ0n) is 18.9. The Morgan fingerprint density at radius 3 is 2.03 bits per heavy atom. The summed E-state index contributed by atoms with van der Waals surface area (Å²) in [5.74, 6) is 0.399. The summed E-state index contributed by atoms with van der Waals surface area (Å²) in [7, 11) is 0. The lowest BCUT2D eigenvalue weighted by Crippen LogP contribution is -2.12. The van der Waals surface area contributed by atoms with Crippen LogP contribution in [0.1, 0.15) is 56.1 Å². The van der Waals surface area contributed by atoms with E-state index in [1.165, 1.54) is 24.7 Å². The van der Waals surface area contributed by atoms with Crippen LogP contribution < -0.4 is 0 Å². The van der Waals surface area contributed by atoms with Crippen LogP contribution in [-0.2, 0) is 0 Å². The highest BCUT2D eigenvalue weighted by Crippen LogP contribution is 2.38. The topological polar surface area (TPSA) is 25.8 Å². The molecule has 1 fully saturated rings. The highest BCUT2D eigenvalue weighted by atomic mass is 19.4. The second kappa shape index (κ2) is 10.1. The zero-order chi connectivity index (χ0) is 25.2. The molecule has 1 aromatic heterocycles. The summed E-state index contributed by atoms with van der Waals surface area (Å²) in [5, 5.41) is 0. The predicted molar refractivity (Wildman–Crippen MR) is 121 cm³/mol. The number of halogens is 6. The van der Waals surface area contributed by atoms with E-state index in [1.807, 2.05) is 6.07 Å². The summed E-state index contributed by atoms with van der Waals surface area (Å²) in [6.07, 6.45) is 3.35. The third kappa shape index (κ3) is 5.84. The molecular formula is C27H22F6N2. The molecule has 0 bridgehead atoms. The molecule has 0 amide bonds. The van der Waals surface area contributed by atoms with Crippen LogP contribution in [0.5, 0.6) is 0 Å². The van der Waals surface area contributed by atoms with Crippen molar-refractivity contribution in [2.75, 3.05) is 0 Å². The minimum Gasteiger partial charge on any atom is -0.236 e. The molecular weight excluding hydrogens is 466 g/mol. The summed E-state index contributed by atoms with van der Waals surface area (Å²) in [6.45, 7) is 2.20. The van der Waals surface area contributed by atoms with Gasteiger partial charge in [-0.05, 0) is 61.3 Å². The average Bonchev–Trinajstić information content (AvgIpc) is 2.83. The maximum absolute atomic E-state index is 14.9. The Bertz CT molecular complexity index is 1240. The number of aromatic nitrogens is 2. The van der Waals surface area contributed by atoms with Gasteiger partial charge in [0.1, 0.15) is 17.5 Å². The van der Waals surface area contributed by atoms with Gasteiger partial charge < -0.3 is 0 Å². The van der Waals surface area contributed by atoms with Crippen LogP contribution >= 0.6 is 0 Å². The quantitative estimate of drug-likeness (QED) is 0.276. The first-order chi connectivity index (χ1) is 16.6. The Hall–Kier alpha value is -3.34. The Labute approximate surface area is 199 Å². The summed E-state index contributed by atoms with van der Waals surface area (Å²) in [5.41, 5.74) is 0.590. The molecule has 2 nitrogen and oxygen atoms in total. The first-order valence-electron chi connectivity index (χ1n) is 11.4. The van der Waals surface area contributed by atoms with E-state index in [1.54, 1.807) is 12.1 Å². The van der Waals surface area contributed by atoms with Crippen molar-refractivity contribution in [1.82, 2.24) is 9.97 Å². The maximum Gasteiger partial charge on any atom is 0.458 e. The number of alkyl halides is 3. The fraction of sp³-hybridized carbons (Fsp3) is 0.333. The Morgan fingerprint density at radius 1 is 0.857 bits per heavy atom. The molecule has 1 heterocycles. The van der Waals surface area contributed by atoms with Gasteiger partial charge in [-0.3, -0.25) is 0 Å². The summed E-state index contributed by atoms with van der Waals surface area (Å²) >= 11 is 0. The highest BCUT2D eigenvalue weighted by molar-refractivity contribution is 5.65. The molecule has 1 saturated carbocycles. The maximum atomic E-state index is 14.9. The van der Waals surface area contributed by atoms with Crippen LogP contribution in [0, 0.1) is 35.2 Å². The van der Waals surface area contributed by atoms with Gasteiger partial charge in [-0.1, -0.05) is 31.4 Å². The first-order valence-corrected chi connectivity index (χ1v) is 11.4. The smallest absolute Gasteiger partial charge is 0.236 e. The van der Waals surface area contributed by atoms with Gasteiger partial charge in [0.15, 0.2) is 5.82 Å². The summed E-state index contributed by atoms with van der Waals surface area (Å²) in [6, 6.07) is 6.75. The summed E-state index contributed by atoms with van der Waals surface area (Å²) in [4.78, 5) is 8.13. The normalized spacial score (nSPS) is 18.1. The molecule has 2 aromatic carbocycles. The van der Waals surface area contributed by atoms with Crippen LogP contribution in [0.4, 0.5) is 26.3 Å². The molecule has 1 aliphatic rings. The van der Waals surface area contributed by atoms with Gasteiger partial charge in [-0.2, -0.15) is 13.2 Å². The molecule has 182 valence electrons. The number of benzene rings is 2. The van der Waals surface area contributed by atoms with Crippen molar-refractivity contribution in [1.29, 1.82) is 0 Å². The fourth-order valence-corrected chi connectivity index (χ4v) is 4.49. The van der Waals surface area contributed by atoms with Gasteiger partial charge >= 0.3 is 6.18 Å². The molecule has 0 radical (unpaired) electrons. The second-order valence-corrected chi connectivity index (χ2v) is 8.72. The van der Waals surface area contributed by atoms with Gasteiger partial charge in [0.05, 0.1) is 5.56 Å². The monoisotopic (exact) mass is 488 g/mol. The van der Waals surface area contributed by atoms with Gasteiger partial charge in [0.2, 0.25) is 0 Å². The van der Waals surface area contributed by atoms with Crippen molar-refractivity contribution >= 4 is 0 Å². The largest absolute Gasteiger partial charge is 0.458 e. The van der Waals surface area contributed by atoms with Crippen molar-refractivity contribution in [2.45, 2.75) is 51.1 Å². The molecule has 3 aromatic rings. The minimum atomic E-state index is -4.88. The average molecular weight is 488 g/mol. The van der Waals surface area contributed by atoms with E-state index in [0.717, 1.165) is 55.2 Å². The molecule has 0 aliphatic heterocycles. The van der Waals surface area contributed by atoms with Gasteiger partial charge in [-0.15, -0.1) is 0 Å². The second-order valence-electron chi connectivity index (χ2n) is 8.72. The van der Waals surface area contributed by atoms with Crippen LogP contribution in [0.15, 0.2) is 42.7 Å². The predicted octanol–water partition coefficient (Wildman–Crippen LogP) is 7.83. The van der Waals surface area contributed by atoms with Crippen molar-refractivity contribution < 1.29 is 26.3 Å². The van der Waals surface area contributed by atoms with E-state index in [9.17, 15) is 26.3 Å². The Kier molecular flexibility index (Phi) is 7.15. The number of nitrogens with zero attached hydrogens (tertiary/aromatic N) is 2. The van der Waals surface area contributed by atoms with Gasteiger partial charge in [0.25, 0.3) is 0 Å². The molecule has 0 atom stereocenters. The standard InChI is InChI=1S/C27H22F6N2/c1-2-16-3-5-17(6-4-16)18-7-8-21(23(28)11-18)20-14-34-26(35-15-20)19-12-24(29)22(25(30)13-19)9-10-27(31,32)33/h7-8,11-17H,2-6H2,1H3. The molecule has 0 saturated heterocycles. The SMILES string of the molecule is CCC1CCC(c2ccc(-c3cnc(-c4cc(F)c(C#CC(F)(F)F)c(F)c4)nc3)c(F)c2)CC1. The number of hydrogen-bond donors (Lipinski definition) is 0. The van der Waals surface area contributed by atoms with Gasteiger partial charge in [-0.25, -0.2) is 23.1 Å². The minimum absolute atomic E-state index is 0.0633. The van der Waals surface area contributed by atoms with Gasteiger partial charge in [0, 0.05) is 35.0 Å². The van der Waals surface area contributed by atoms with Crippen molar-refractivity contribution in [3.05, 3.63) is 71.3 Å². The highest BCUT2D eigenvalue weighted by Gasteiger charge is 2.24. The van der Waals surface area contributed by atoms with Crippen LogP contribution in [0.25, 0.3) is 22.5 Å². The van der Waals surface area contributed by atoms with Crippen molar-refractivity contribution in [3.63, 3.8) is 0 Å². The first kappa shape index (κ1) is 24.8. The molecule has 4 rings (SSSR count). The number of rotatable bonds is 4. The summed E-state index contributed by atoms with van der Waals surface area (Å²) < 4.78 is 80.0. The molecule has 8 heteroatoms. The van der Waals surface area contributed by atoms with E-state index in [-0.39, 0.29) is 11.4 Å². The van der Waals surface area contributed by atoms with Crippen molar-refractivity contribution in [3.8, 4) is 34.4 Å². The lowest BCUT2D eigenvalue weighted by molar-refractivity contribution is -0.0696. The van der Waals surface area contributed by atoms with Crippen molar-refractivity contribution in [2.24, 2.45) is 5.92 Å².